The van der Waals surface area contributed by atoms with Gasteiger partial charge in [0.25, 0.3) is 0 Å². The van der Waals surface area contributed by atoms with Gasteiger partial charge in [-0.05, 0) is 43.5 Å². The molecule has 1 heterocycles. The fourth-order valence-electron chi connectivity index (χ4n) is 2.47. The quantitative estimate of drug-likeness (QED) is 0.916. The highest BCUT2D eigenvalue weighted by molar-refractivity contribution is 5.97. The molecule has 0 aliphatic carbocycles. The minimum absolute atomic E-state index is 0.0345. The van der Waals surface area contributed by atoms with Gasteiger partial charge < -0.3 is 10.2 Å². The Morgan fingerprint density at radius 1 is 1.35 bits per heavy atom. The minimum atomic E-state index is -0.0665. The summed E-state index contributed by atoms with van der Waals surface area (Å²) in [6.45, 7) is 6.64. The smallest absolute Gasteiger partial charge is 0.229 e. The van der Waals surface area contributed by atoms with Gasteiger partial charge in [0.2, 0.25) is 11.8 Å². The summed E-state index contributed by atoms with van der Waals surface area (Å²) in [5, 5.41) is 2.93. The van der Waals surface area contributed by atoms with Crippen molar-refractivity contribution in [1.82, 2.24) is 5.32 Å². The Kier molecular flexibility index (Phi) is 4.42. The molecule has 0 radical (unpaired) electrons. The van der Waals surface area contributed by atoms with Crippen LogP contribution in [0.5, 0.6) is 0 Å². The molecule has 1 aliphatic heterocycles. The number of rotatable bonds is 4. The first-order chi connectivity index (χ1) is 9.51. The zero-order valence-corrected chi connectivity index (χ0v) is 12.4. The van der Waals surface area contributed by atoms with Crippen LogP contribution >= 0.6 is 0 Å². The Hall–Kier alpha value is -1.84. The van der Waals surface area contributed by atoms with Crippen LogP contribution in [-0.2, 0) is 9.59 Å². The lowest BCUT2D eigenvalue weighted by Crippen LogP contribution is -2.36. The predicted molar refractivity (Wildman–Crippen MR) is 79.7 cm³/mol. The van der Waals surface area contributed by atoms with E-state index in [4.69, 9.17) is 0 Å². The van der Waals surface area contributed by atoms with E-state index in [0.29, 0.717) is 19.4 Å². The number of hydrogen-bond acceptors (Lipinski definition) is 2. The second kappa shape index (κ2) is 6.07. The van der Waals surface area contributed by atoms with Crippen LogP contribution in [-0.4, -0.2) is 24.4 Å². The van der Waals surface area contributed by atoms with Crippen molar-refractivity contribution >= 4 is 17.5 Å². The zero-order chi connectivity index (χ0) is 14.7. The molecule has 1 saturated heterocycles. The Balaban J connectivity index is 2.05. The molecule has 1 aromatic carbocycles. The third-order valence-corrected chi connectivity index (χ3v) is 3.77. The van der Waals surface area contributed by atoms with Crippen molar-refractivity contribution in [2.45, 2.75) is 46.1 Å². The fraction of sp³-hybridized carbons (Fsp3) is 0.500. The van der Waals surface area contributed by atoms with E-state index >= 15 is 0 Å². The number of aryl methyl sites for hydroxylation is 2. The molecule has 1 unspecified atom stereocenters. The third kappa shape index (κ3) is 3.18. The van der Waals surface area contributed by atoms with E-state index in [2.05, 4.69) is 12.2 Å². The van der Waals surface area contributed by atoms with Gasteiger partial charge in [0.15, 0.2) is 0 Å². The molecule has 1 atom stereocenters. The molecule has 1 N–H and O–H groups in total. The van der Waals surface area contributed by atoms with Crippen LogP contribution in [0.25, 0.3) is 0 Å². The highest BCUT2D eigenvalue weighted by Gasteiger charge is 2.31. The van der Waals surface area contributed by atoms with Crippen molar-refractivity contribution in [3.8, 4) is 0 Å². The Labute approximate surface area is 120 Å². The average molecular weight is 274 g/mol. The van der Waals surface area contributed by atoms with Gasteiger partial charge in [-0.2, -0.15) is 0 Å². The summed E-state index contributed by atoms with van der Waals surface area (Å²) in [4.78, 5) is 25.5. The molecule has 0 saturated carbocycles. The van der Waals surface area contributed by atoms with Crippen LogP contribution in [0, 0.1) is 13.8 Å². The summed E-state index contributed by atoms with van der Waals surface area (Å²) < 4.78 is 0. The third-order valence-electron chi connectivity index (χ3n) is 3.77. The minimum Gasteiger partial charge on any atom is -0.351 e. The number of carbonyl (C=O) groups excluding carboxylic acids is 2. The van der Waals surface area contributed by atoms with Gasteiger partial charge in [0.1, 0.15) is 0 Å². The molecular weight excluding hydrogens is 252 g/mol. The molecule has 4 heteroatoms. The summed E-state index contributed by atoms with van der Waals surface area (Å²) in [5.74, 6) is 0.113. The average Bonchev–Trinajstić information content (AvgIpc) is 2.74. The summed E-state index contributed by atoms with van der Waals surface area (Å²) in [7, 11) is 0. The van der Waals surface area contributed by atoms with E-state index in [1.54, 1.807) is 4.90 Å². The molecule has 2 rings (SSSR count). The molecule has 1 aliphatic rings. The number of nitrogens with one attached hydrogen (secondary N) is 1. The van der Waals surface area contributed by atoms with Crippen molar-refractivity contribution in [2.24, 2.45) is 0 Å². The number of benzene rings is 1. The maximum atomic E-state index is 12.1. The van der Waals surface area contributed by atoms with Crippen molar-refractivity contribution in [3.05, 3.63) is 29.3 Å². The normalized spacial score (nSPS) is 18.4. The standard InChI is InChI=1S/C16H22N2O2/c1-4-5-15(19)17-13-9-16(20)18(10-13)14-7-6-11(2)12(3)8-14/h6-8,13H,4-5,9-10H2,1-3H3,(H,17,19). The Bertz CT molecular complexity index is 525. The van der Waals surface area contributed by atoms with Crippen molar-refractivity contribution < 1.29 is 9.59 Å². The van der Waals surface area contributed by atoms with Crippen LogP contribution < -0.4 is 10.2 Å². The largest absolute Gasteiger partial charge is 0.351 e. The zero-order valence-electron chi connectivity index (χ0n) is 12.4. The maximum absolute atomic E-state index is 12.1. The van der Waals surface area contributed by atoms with E-state index in [1.807, 2.05) is 32.0 Å². The monoisotopic (exact) mass is 274 g/mol. The van der Waals surface area contributed by atoms with Crippen LogP contribution in [0.2, 0.25) is 0 Å². The topological polar surface area (TPSA) is 49.4 Å². The molecule has 0 spiro atoms. The van der Waals surface area contributed by atoms with E-state index in [0.717, 1.165) is 12.1 Å². The van der Waals surface area contributed by atoms with Gasteiger partial charge in [-0.1, -0.05) is 13.0 Å². The van der Waals surface area contributed by atoms with Crippen LogP contribution in [0.15, 0.2) is 18.2 Å². The SMILES string of the molecule is CCCC(=O)NC1CC(=O)N(c2ccc(C)c(C)c2)C1. The molecule has 0 aromatic heterocycles. The van der Waals surface area contributed by atoms with E-state index in [9.17, 15) is 9.59 Å². The molecule has 108 valence electrons. The molecule has 1 fully saturated rings. The highest BCUT2D eigenvalue weighted by Crippen LogP contribution is 2.24. The van der Waals surface area contributed by atoms with E-state index in [1.165, 1.54) is 11.1 Å². The number of anilines is 1. The maximum Gasteiger partial charge on any atom is 0.229 e. The lowest BCUT2D eigenvalue weighted by molar-refractivity contribution is -0.121. The number of carbonyl (C=O) groups is 2. The predicted octanol–water partition coefficient (Wildman–Crippen LogP) is 2.33. The molecule has 1 aromatic rings. The lowest BCUT2D eigenvalue weighted by atomic mass is 10.1. The highest BCUT2D eigenvalue weighted by atomic mass is 16.2. The van der Waals surface area contributed by atoms with E-state index in [-0.39, 0.29) is 17.9 Å². The number of nitrogens with zero attached hydrogens (tertiary/aromatic N) is 1. The number of amides is 2. The fourth-order valence-corrected chi connectivity index (χ4v) is 2.47. The van der Waals surface area contributed by atoms with Crippen molar-refractivity contribution in [2.75, 3.05) is 11.4 Å². The lowest BCUT2D eigenvalue weighted by Gasteiger charge is -2.18. The van der Waals surface area contributed by atoms with Gasteiger partial charge in [-0.15, -0.1) is 0 Å². The van der Waals surface area contributed by atoms with Crippen LogP contribution in [0.4, 0.5) is 5.69 Å². The summed E-state index contributed by atoms with van der Waals surface area (Å²) in [6.07, 6.45) is 1.74. The van der Waals surface area contributed by atoms with Crippen molar-refractivity contribution in [1.29, 1.82) is 0 Å². The van der Waals surface area contributed by atoms with Gasteiger partial charge in [-0.25, -0.2) is 0 Å². The van der Waals surface area contributed by atoms with Gasteiger partial charge in [0, 0.05) is 25.1 Å². The first-order valence-electron chi connectivity index (χ1n) is 7.18. The molecule has 4 nitrogen and oxygen atoms in total. The van der Waals surface area contributed by atoms with E-state index < -0.39 is 0 Å². The molecule has 0 bridgehead atoms. The molecule has 20 heavy (non-hydrogen) atoms. The first kappa shape index (κ1) is 14.6. The number of hydrogen-bond donors (Lipinski definition) is 1. The molecule has 2 amide bonds. The summed E-state index contributed by atoms with van der Waals surface area (Å²) in [6, 6.07) is 5.96. The summed E-state index contributed by atoms with van der Waals surface area (Å²) in [5.41, 5.74) is 3.31. The first-order valence-corrected chi connectivity index (χ1v) is 7.18. The van der Waals surface area contributed by atoms with Crippen LogP contribution in [0.3, 0.4) is 0 Å². The van der Waals surface area contributed by atoms with Gasteiger partial charge in [0.05, 0.1) is 6.04 Å². The molecular formula is C16H22N2O2. The van der Waals surface area contributed by atoms with Crippen LogP contribution in [0.1, 0.15) is 37.3 Å². The Morgan fingerprint density at radius 2 is 2.10 bits per heavy atom. The Morgan fingerprint density at radius 3 is 2.75 bits per heavy atom. The summed E-state index contributed by atoms with van der Waals surface area (Å²) >= 11 is 0. The second-order valence-corrected chi connectivity index (χ2v) is 5.49. The van der Waals surface area contributed by atoms with Gasteiger partial charge in [-0.3, -0.25) is 9.59 Å². The second-order valence-electron chi connectivity index (χ2n) is 5.49. The van der Waals surface area contributed by atoms with Crippen molar-refractivity contribution in [3.63, 3.8) is 0 Å². The van der Waals surface area contributed by atoms with Gasteiger partial charge >= 0.3 is 0 Å².